The fraction of sp³-hybridized carbons (Fsp3) is 0.151. The topological polar surface area (TPSA) is 56.5 Å². The van der Waals surface area contributed by atoms with Crippen molar-refractivity contribution in [1.29, 1.82) is 0 Å². The molecule has 0 fully saturated rings. The maximum absolute atomic E-state index is 5.16. The van der Waals surface area contributed by atoms with E-state index in [1.165, 1.54) is 27.0 Å². The van der Waals surface area contributed by atoms with Gasteiger partial charge in [0, 0.05) is 16.5 Å². The summed E-state index contributed by atoms with van der Waals surface area (Å²) in [6.07, 6.45) is 22.1. The van der Waals surface area contributed by atoms with Gasteiger partial charge in [0.2, 0.25) is 0 Å². The van der Waals surface area contributed by atoms with Crippen molar-refractivity contribution >= 4 is 89.9 Å². The average molecular weight is 824 g/mol. The molecule has 0 saturated carbocycles. The molecule has 3 heterocycles. The van der Waals surface area contributed by atoms with Crippen molar-refractivity contribution in [3.05, 3.63) is 180 Å². The van der Waals surface area contributed by atoms with Gasteiger partial charge in [0.05, 0.1) is 10.2 Å². The first-order chi connectivity index (χ1) is 30.2. The zero-order chi connectivity index (χ0) is 44.0. The number of nitrogens with zero attached hydrogens (tertiary/aromatic N) is 5. The minimum atomic E-state index is -0.181. The Morgan fingerprint density at radius 3 is 2.21 bits per heavy atom. The molecule has 0 bridgehead atoms. The van der Waals surface area contributed by atoms with Gasteiger partial charge in [-0.05, 0) is 29.7 Å². The van der Waals surface area contributed by atoms with Crippen LogP contribution in [0.3, 0.4) is 0 Å². The molecule has 62 heavy (non-hydrogen) atoms. The van der Waals surface area contributed by atoms with Gasteiger partial charge in [-0.15, -0.1) is 11.3 Å². The van der Waals surface area contributed by atoms with E-state index in [-0.39, 0.29) is 5.41 Å². The molecule has 0 N–H and O–H groups in total. The zero-order valence-corrected chi connectivity index (χ0v) is 37.9. The van der Waals surface area contributed by atoms with Crippen molar-refractivity contribution in [1.82, 2.24) is 24.5 Å². The van der Waals surface area contributed by atoms with Crippen LogP contribution in [0.5, 0.6) is 0 Å². The van der Waals surface area contributed by atoms with Crippen LogP contribution in [-0.2, 0) is 5.41 Å². The second-order valence-electron chi connectivity index (χ2n) is 15.6. The van der Waals surface area contributed by atoms with Crippen molar-refractivity contribution in [3.8, 4) is 27.4 Å². The summed E-state index contributed by atoms with van der Waals surface area (Å²) in [6, 6.07) is 21.8. The predicted molar refractivity (Wildman–Crippen MR) is 278 cm³/mol. The number of hydrogen-bond donors (Lipinski definition) is 0. The Morgan fingerprint density at radius 2 is 1.55 bits per heavy atom. The third-order valence-electron chi connectivity index (χ3n) is 11.3. The first-order valence-corrected chi connectivity index (χ1v) is 22.2. The van der Waals surface area contributed by atoms with Gasteiger partial charge >= 0.3 is 241 Å². The maximum atomic E-state index is 5.16. The van der Waals surface area contributed by atoms with E-state index >= 15 is 0 Å². The number of thiazole rings is 1. The van der Waals surface area contributed by atoms with Crippen LogP contribution in [0.4, 0.5) is 0 Å². The normalized spacial score (nSPS) is 14.0. The number of aromatic nitrogens is 5. The van der Waals surface area contributed by atoms with Crippen LogP contribution in [0.25, 0.3) is 78.5 Å². The molecule has 0 saturated heterocycles. The summed E-state index contributed by atoms with van der Waals surface area (Å²) in [5.41, 5.74) is 14.9. The van der Waals surface area contributed by atoms with Crippen LogP contribution >= 0.6 is 11.3 Å². The van der Waals surface area contributed by atoms with Gasteiger partial charge in [0.15, 0.2) is 0 Å². The summed E-state index contributed by atoms with van der Waals surface area (Å²) < 4.78 is 3.53. The fourth-order valence-corrected chi connectivity index (χ4v) is 9.48. The van der Waals surface area contributed by atoms with E-state index in [0.29, 0.717) is 24.8 Å². The summed E-state index contributed by atoms with van der Waals surface area (Å²) in [5.74, 6) is 5.99. The first kappa shape index (κ1) is 43.6. The monoisotopic (exact) mass is 823 g/mol. The van der Waals surface area contributed by atoms with Gasteiger partial charge in [-0.2, -0.15) is 0 Å². The minimum absolute atomic E-state index is 0.181. The second-order valence-corrected chi connectivity index (χ2v) is 16.6. The fourth-order valence-electron chi connectivity index (χ4n) is 8.35. The summed E-state index contributed by atoms with van der Waals surface area (Å²) >= 11 is 1.77. The third kappa shape index (κ3) is 8.17. The summed E-state index contributed by atoms with van der Waals surface area (Å²) in [5, 5.41) is 1.03. The Kier molecular flexibility index (Phi) is 13.4. The zero-order valence-electron chi connectivity index (χ0n) is 37.0. The number of hydrogen-bond acceptors (Lipinski definition) is 5. The van der Waals surface area contributed by atoms with Gasteiger partial charge < -0.3 is 0 Å². The molecule has 9 heteroatoms. The summed E-state index contributed by atoms with van der Waals surface area (Å²) in [6.45, 7) is 29.7. The molecule has 0 radical (unpaired) electrons. The SMILES string of the molecule is C=C/C=C\C(=C/BC)c1nc(/C(BC)=C/c2c(C=C)c(/C=C\C)n(-c3ccc4c(c3)-c3c(ccc5nc(-c6ccccc6)sc35)C4(C)C)c2C=C)nc(C(/C=B\C)=C/C=C\C)n1. The van der Waals surface area contributed by atoms with Gasteiger partial charge in [-0.25, -0.2) is 4.98 Å². The summed E-state index contributed by atoms with van der Waals surface area (Å²) in [4.78, 5) is 20.5. The van der Waals surface area contributed by atoms with Crippen molar-refractivity contribution in [3.63, 3.8) is 0 Å². The Morgan fingerprint density at radius 1 is 0.806 bits per heavy atom. The number of fused-ring (bicyclic) bond motifs is 5. The van der Waals surface area contributed by atoms with Crippen LogP contribution in [0, 0.1) is 0 Å². The van der Waals surface area contributed by atoms with Gasteiger partial charge in [-0.3, -0.25) is 0 Å². The van der Waals surface area contributed by atoms with Crippen LogP contribution in [0.2, 0.25) is 20.5 Å². The molecular weight excluding hydrogens is 771 g/mol. The molecule has 1 aliphatic rings. The van der Waals surface area contributed by atoms with Gasteiger partial charge in [0.1, 0.15) is 5.01 Å². The molecule has 0 unspecified atom stereocenters. The molecule has 3 aromatic heterocycles. The molecule has 1 aliphatic carbocycles. The Balaban J connectivity index is 1.46. The molecule has 304 valence electrons. The van der Waals surface area contributed by atoms with E-state index in [1.54, 1.807) is 17.4 Å². The Labute approximate surface area is 373 Å². The van der Waals surface area contributed by atoms with Crippen molar-refractivity contribution in [2.24, 2.45) is 0 Å². The van der Waals surface area contributed by atoms with Crippen molar-refractivity contribution < 1.29 is 0 Å². The van der Waals surface area contributed by atoms with Crippen LogP contribution in [0.1, 0.15) is 78.8 Å². The predicted octanol–water partition coefficient (Wildman–Crippen LogP) is 12.6. The Hall–Kier alpha value is -6.44. The number of allylic oxidation sites excluding steroid dienone is 9. The van der Waals surface area contributed by atoms with Gasteiger partial charge in [-0.1, -0.05) is 56.3 Å². The number of rotatable bonds is 15. The molecule has 3 aromatic carbocycles. The molecule has 0 atom stereocenters. The molecule has 0 amide bonds. The average Bonchev–Trinajstić information content (AvgIpc) is 3.93. The third-order valence-corrected chi connectivity index (χ3v) is 12.4. The molecule has 5 nitrogen and oxygen atoms in total. The Bertz CT molecular complexity index is 2930. The number of benzene rings is 3. The molecule has 0 aliphatic heterocycles. The summed E-state index contributed by atoms with van der Waals surface area (Å²) in [7, 11) is 1.50. The van der Waals surface area contributed by atoms with Crippen molar-refractivity contribution in [2.75, 3.05) is 0 Å². The van der Waals surface area contributed by atoms with E-state index in [0.717, 1.165) is 68.2 Å². The molecule has 6 aromatic rings. The first-order valence-electron chi connectivity index (χ1n) is 21.4. The quantitative estimate of drug-likeness (QED) is 0.0765. The second kappa shape index (κ2) is 19.1. The van der Waals surface area contributed by atoms with E-state index in [9.17, 15) is 0 Å². The van der Waals surface area contributed by atoms with Gasteiger partial charge in [0.25, 0.3) is 0 Å². The van der Waals surface area contributed by atoms with Crippen LogP contribution in [-0.4, -0.2) is 51.9 Å². The van der Waals surface area contributed by atoms with Crippen molar-refractivity contribution in [2.45, 2.75) is 53.6 Å². The van der Waals surface area contributed by atoms with E-state index < -0.39 is 0 Å². The van der Waals surface area contributed by atoms with Crippen LogP contribution in [0.15, 0.2) is 129 Å². The molecule has 7 rings (SSSR count). The van der Waals surface area contributed by atoms with E-state index in [1.807, 2.05) is 75.2 Å². The van der Waals surface area contributed by atoms with E-state index in [2.05, 4.69) is 138 Å². The van der Waals surface area contributed by atoms with E-state index in [4.69, 9.17) is 19.9 Å². The van der Waals surface area contributed by atoms with Crippen LogP contribution < -0.4 is 0 Å². The standard InChI is InChI=1S/C53H52B3N5S/c1-11-16-22-35(32-54-8)49-58-50(36(33-55-9)23-17-12-2)60-51(59-49)43(56-10)31-39-38(14-4)46(21-13-3)61(45(39)15-5)37-26-27-41-40(30-37)47-42(53(41,6)7)28-29-44-48(47)62-52(57-44)34-24-19-18-20-25-34/h11-33,54,56H,1,4-5H2,2-3,6-10H3/b17-12-,21-13-,22-16-,35-32+,36-23+,43-31-. The molecule has 0 spiro atoms. The molecular formula is C53H52B3N5S.